The molecule has 0 radical (unpaired) electrons. The van der Waals surface area contributed by atoms with Crippen molar-refractivity contribution in [3.63, 3.8) is 0 Å². The van der Waals surface area contributed by atoms with E-state index < -0.39 is 0 Å². The summed E-state index contributed by atoms with van der Waals surface area (Å²) in [6, 6.07) is 14.4. The summed E-state index contributed by atoms with van der Waals surface area (Å²) in [5, 5.41) is 4.43. The van der Waals surface area contributed by atoms with Crippen molar-refractivity contribution >= 4 is 11.8 Å². The Hall–Kier alpha value is -3.19. The molecule has 1 aromatic heterocycles. The Balaban J connectivity index is 1.73. The number of hydrogen-bond donors (Lipinski definition) is 0. The summed E-state index contributed by atoms with van der Waals surface area (Å²) in [5.74, 6) is 0.217. The molecule has 4 rings (SSSR count). The second-order valence-electron chi connectivity index (χ2n) is 8.76. The van der Waals surface area contributed by atoms with Crippen LogP contribution in [-0.4, -0.2) is 42.3 Å². The van der Waals surface area contributed by atoms with Gasteiger partial charge in [-0.25, -0.2) is 4.39 Å². The molecule has 1 saturated heterocycles. The Morgan fingerprint density at radius 1 is 1.12 bits per heavy atom. The number of benzene rings is 2. The molecule has 33 heavy (non-hydrogen) atoms. The van der Waals surface area contributed by atoms with Crippen LogP contribution < -0.4 is 4.90 Å². The van der Waals surface area contributed by atoms with Crippen LogP contribution in [0.3, 0.4) is 0 Å². The van der Waals surface area contributed by atoms with E-state index in [9.17, 15) is 9.18 Å². The predicted octanol–water partition coefficient (Wildman–Crippen LogP) is 4.81. The van der Waals surface area contributed by atoms with E-state index >= 15 is 0 Å². The molecule has 1 amide bonds. The van der Waals surface area contributed by atoms with Crippen LogP contribution in [0.1, 0.15) is 30.5 Å². The van der Waals surface area contributed by atoms with Crippen molar-refractivity contribution in [2.24, 2.45) is 5.92 Å². The molecule has 0 saturated carbocycles. The van der Waals surface area contributed by atoms with Gasteiger partial charge < -0.3 is 19.1 Å². The lowest BCUT2D eigenvalue weighted by molar-refractivity contribution is -0.135. The smallest absolute Gasteiger partial charge is 0.233 e. The number of nitrogens with zero attached hydrogens (tertiary/aromatic N) is 3. The molecule has 0 atom stereocenters. The number of ether oxygens (including phenoxy) is 1. The summed E-state index contributed by atoms with van der Waals surface area (Å²) < 4.78 is 24.8. The summed E-state index contributed by atoms with van der Waals surface area (Å²) in [5.41, 5.74) is 4.55. The highest BCUT2D eigenvalue weighted by Gasteiger charge is 2.28. The molecule has 1 fully saturated rings. The third-order valence-electron chi connectivity index (χ3n) is 5.80. The number of morpholine rings is 1. The fraction of sp³-hybridized carbons (Fsp3) is 0.385. The molecule has 0 aliphatic carbocycles. The third-order valence-corrected chi connectivity index (χ3v) is 5.80. The van der Waals surface area contributed by atoms with Crippen LogP contribution in [0.25, 0.3) is 11.3 Å². The van der Waals surface area contributed by atoms with E-state index in [1.807, 2.05) is 39.0 Å². The molecule has 2 aromatic carbocycles. The van der Waals surface area contributed by atoms with Crippen LogP contribution in [0.4, 0.5) is 10.3 Å². The van der Waals surface area contributed by atoms with Crippen LogP contribution in [0.15, 0.2) is 53.1 Å². The number of anilines is 1. The summed E-state index contributed by atoms with van der Waals surface area (Å²) in [4.78, 5) is 17.1. The van der Waals surface area contributed by atoms with Crippen molar-refractivity contribution in [3.05, 3.63) is 71.0 Å². The normalized spacial score (nSPS) is 14.0. The van der Waals surface area contributed by atoms with E-state index in [0.717, 1.165) is 27.9 Å². The maximum absolute atomic E-state index is 13.4. The first-order chi connectivity index (χ1) is 15.9. The zero-order valence-corrected chi connectivity index (χ0v) is 19.4. The molecule has 1 aliphatic heterocycles. The summed E-state index contributed by atoms with van der Waals surface area (Å²) in [7, 11) is 0. The number of hydrogen-bond acceptors (Lipinski definition) is 5. The van der Waals surface area contributed by atoms with Gasteiger partial charge in [-0.1, -0.05) is 54.9 Å². The quantitative estimate of drug-likeness (QED) is 0.516. The van der Waals surface area contributed by atoms with Crippen molar-refractivity contribution in [2.75, 3.05) is 31.2 Å². The summed E-state index contributed by atoms with van der Waals surface area (Å²) >= 11 is 0. The number of carbonyl (C=O) groups is 1. The van der Waals surface area contributed by atoms with Crippen LogP contribution in [-0.2, 0) is 22.6 Å². The molecule has 2 heterocycles. The van der Waals surface area contributed by atoms with Gasteiger partial charge >= 0.3 is 0 Å². The molecule has 0 spiro atoms. The van der Waals surface area contributed by atoms with Crippen LogP contribution in [0, 0.1) is 18.7 Å². The predicted molar refractivity (Wildman–Crippen MR) is 125 cm³/mol. The number of rotatable bonds is 7. The fourth-order valence-electron chi connectivity index (χ4n) is 4.06. The number of halogens is 1. The lowest BCUT2D eigenvalue weighted by Gasteiger charge is -2.29. The zero-order valence-electron chi connectivity index (χ0n) is 19.4. The Kier molecular flexibility index (Phi) is 7.08. The molecule has 7 heteroatoms. The van der Waals surface area contributed by atoms with Crippen LogP contribution >= 0.6 is 0 Å². The van der Waals surface area contributed by atoms with Gasteiger partial charge in [0, 0.05) is 31.1 Å². The molecule has 0 N–H and O–H groups in total. The second-order valence-corrected chi connectivity index (χ2v) is 8.76. The van der Waals surface area contributed by atoms with Gasteiger partial charge in [0.05, 0.1) is 25.3 Å². The van der Waals surface area contributed by atoms with Crippen molar-refractivity contribution < 1.29 is 18.4 Å². The summed E-state index contributed by atoms with van der Waals surface area (Å²) in [6.45, 7) is 9.16. The summed E-state index contributed by atoms with van der Waals surface area (Å²) in [6.07, 6.45) is 0. The number of amides is 1. The van der Waals surface area contributed by atoms with Crippen LogP contribution in [0.2, 0.25) is 0 Å². The third kappa shape index (κ3) is 5.42. The second kappa shape index (κ2) is 10.2. The average molecular weight is 452 g/mol. The number of aryl methyl sites for hydroxylation is 1. The molecule has 6 nitrogen and oxygen atoms in total. The monoisotopic (exact) mass is 451 g/mol. The molecular weight excluding hydrogens is 421 g/mol. The first kappa shape index (κ1) is 23.0. The molecule has 174 valence electrons. The van der Waals surface area contributed by atoms with Gasteiger partial charge in [0.2, 0.25) is 11.8 Å². The number of aromatic nitrogens is 1. The van der Waals surface area contributed by atoms with Crippen molar-refractivity contribution in [3.8, 4) is 11.3 Å². The molecule has 1 aliphatic rings. The maximum Gasteiger partial charge on any atom is 0.233 e. The van der Waals surface area contributed by atoms with Gasteiger partial charge in [0.15, 0.2) is 0 Å². The highest BCUT2D eigenvalue weighted by Crippen LogP contribution is 2.34. The Morgan fingerprint density at radius 3 is 2.52 bits per heavy atom. The van der Waals surface area contributed by atoms with Gasteiger partial charge in [-0.05, 0) is 30.7 Å². The topological polar surface area (TPSA) is 58.8 Å². The molecular formula is C26H30FN3O3. The van der Waals surface area contributed by atoms with E-state index in [1.165, 1.54) is 12.1 Å². The van der Waals surface area contributed by atoms with Gasteiger partial charge in [0.1, 0.15) is 11.5 Å². The van der Waals surface area contributed by atoms with Crippen molar-refractivity contribution in [2.45, 2.75) is 33.9 Å². The highest BCUT2D eigenvalue weighted by molar-refractivity contribution is 5.79. The lowest BCUT2D eigenvalue weighted by Crippen LogP contribution is -2.38. The van der Waals surface area contributed by atoms with E-state index in [4.69, 9.17) is 9.26 Å². The van der Waals surface area contributed by atoms with Gasteiger partial charge in [-0.2, -0.15) is 0 Å². The zero-order chi connectivity index (χ0) is 23.4. The van der Waals surface area contributed by atoms with E-state index in [0.29, 0.717) is 45.3 Å². The molecule has 3 aromatic rings. The van der Waals surface area contributed by atoms with Crippen LogP contribution in [0.5, 0.6) is 0 Å². The largest absolute Gasteiger partial charge is 0.378 e. The Labute approximate surface area is 193 Å². The van der Waals surface area contributed by atoms with Gasteiger partial charge in [0.25, 0.3) is 0 Å². The minimum absolute atomic E-state index is 0.0173. The van der Waals surface area contributed by atoms with Gasteiger partial charge in [-0.15, -0.1) is 0 Å². The maximum atomic E-state index is 13.4. The minimum atomic E-state index is -0.296. The Morgan fingerprint density at radius 2 is 1.85 bits per heavy atom. The fourth-order valence-corrected chi connectivity index (χ4v) is 4.06. The highest BCUT2D eigenvalue weighted by atomic mass is 19.1. The standard InChI is InChI=1S/C26H30FN3O3/c1-18(2)25(31)30(16-20-7-9-22(27)10-8-20)17-23-24(21-6-4-5-19(3)15-21)28-33-26(23)29-11-13-32-14-12-29/h4-10,15,18H,11-14,16-17H2,1-3H3. The van der Waals surface area contributed by atoms with Crippen molar-refractivity contribution in [1.82, 2.24) is 10.1 Å². The SMILES string of the molecule is Cc1cccc(-c2noc(N3CCOCC3)c2CN(Cc2ccc(F)cc2)C(=O)C(C)C)c1. The molecule has 0 bridgehead atoms. The van der Waals surface area contributed by atoms with E-state index in [1.54, 1.807) is 17.0 Å². The van der Waals surface area contributed by atoms with Gasteiger partial charge in [-0.3, -0.25) is 4.79 Å². The average Bonchev–Trinajstić information content (AvgIpc) is 3.23. The first-order valence-corrected chi connectivity index (χ1v) is 11.3. The molecule has 0 unspecified atom stereocenters. The van der Waals surface area contributed by atoms with Crippen molar-refractivity contribution in [1.29, 1.82) is 0 Å². The number of carbonyl (C=O) groups excluding carboxylic acids is 1. The lowest BCUT2D eigenvalue weighted by atomic mass is 10.0. The first-order valence-electron chi connectivity index (χ1n) is 11.3. The minimum Gasteiger partial charge on any atom is -0.378 e. The van der Waals surface area contributed by atoms with E-state index in [-0.39, 0.29) is 17.6 Å². The Bertz CT molecular complexity index is 1090. The van der Waals surface area contributed by atoms with E-state index in [2.05, 4.69) is 16.1 Å².